The molecule has 7 heteroatoms. The van der Waals surface area contributed by atoms with Gasteiger partial charge in [0.2, 0.25) is 5.91 Å². The van der Waals surface area contributed by atoms with E-state index < -0.39 is 28.5 Å². The highest BCUT2D eigenvalue weighted by Crippen LogP contribution is 2.29. The zero-order valence-corrected chi connectivity index (χ0v) is 20.7. The maximum atomic E-state index is 13.6. The Morgan fingerprint density at radius 2 is 1.34 bits per heavy atom. The number of rotatable bonds is 8. The third-order valence-corrected chi connectivity index (χ3v) is 7.63. The quantitative estimate of drug-likeness (QED) is 0.332. The summed E-state index contributed by atoms with van der Waals surface area (Å²) in [6.45, 7) is 1.37. The predicted octanol–water partition coefficient (Wildman–Crippen LogP) is 5.75. The average Bonchev–Trinajstić information content (AvgIpc) is 2.88. The van der Waals surface area contributed by atoms with E-state index in [1.54, 1.807) is 43.3 Å². The Hall–Kier alpha value is -3.61. The van der Waals surface area contributed by atoms with E-state index in [1.807, 2.05) is 60.7 Å². The number of nitrogens with zero attached hydrogens (tertiary/aromatic N) is 1. The molecule has 0 fully saturated rings. The highest BCUT2D eigenvalue weighted by Gasteiger charge is 2.29. The van der Waals surface area contributed by atoms with Gasteiger partial charge in [-0.25, -0.2) is 8.42 Å². The number of nitrogens with one attached hydrogen (secondary N) is 1. The summed E-state index contributed by atoms with van der Waals surface area (Å²) in [7, 11) is -4.02. The number of hydrogen-bond acceptors (Lipinski definition) is 3. The zero-order chi connectivity index (χ0) is 24.8. The Morgan fingerprint density at radius 1 is 0.829 bits per heavy atom. The highest BCUT2D eigenvalue weighted by atomic mass is 35.5. The maximum Gasteiger partial charge on any atom is 0.264 e. The largest absolute Gasteiger partial charge is 0.344 e. The van der Waals surface area contributed by atoms with Crippen LogP contribution in [0.5, 0.6) is 0 Å². The van der Waals surface area contributed by atoms with E-state index in [9.17, 15) is 13.2 Å². The van der Waals surface area contributed by atoms with Crippen LogP contribution in [0.2, 0.25) is 5.02 Å². The van der Waals surface area contributed by atoms with Crippen molar-refractivity contribution in [2.75, 3.05) is 10.8 Å². The first-order chi connectivity index (χ1) is 16.9. The first-order valence-corrected chi connectivity index (χ1v) is 12.9. The van der Waals surface area contributed by atoms with Gasteiger partial charge in [-0.05, 0) is 53.9 Å². The Morgan fingerprint density at radius 3 is 1.86 bits per heavy atom. The van der Waals surface area contributed by atoms with Crippen LogP contribution in [0.15, 0.2) is 114 Å². The maximum absolute atomic E-state index is 13.6. The number of aryl methyl sites for hydroxylation is 1. The first-order valence-electron chi connectivity index (χ1n) is 11.1. The number of amides is 1. The molecule has 0 radical (unpaired) electrons. The molecular formula is C28H25ClN2O3S. The molecule has 0 aliphatic heterocycles. The van der Waals surface area contributed by atoms with Gasteiger partial charge in [0.05, 0.1) is 16.6 Å². The topological polar surface area (TPSA) is 66.5 Å². The number of sulfonamides is 1. The number of hydrogen-bond donors (Lipinski definition) is 1. The van der Waals surface area contributed by atoms with Gasteiger partial charge in [-0.1, -0.05) is 90.5 Å². The van der Waals surface area contributed by atoms with Gasteiger partial charge >= 0.3 is 0 Å². The van der Waals surface area contributed by atoms with Crippen LogP contribution in [0.25, 0.3) is 0 Å². The summed E-state index contributed by atoms with van der Waals surface area (Å²) in [5.41, 5.74) is 2.83. The van der Waals surface area contributed by atoms with Gasteiger partial charge in [0.1, 0.15) is 6.54 Å². The van der Waals surface area contributed by atoms with E-state index in [4.69, 9.17) is 11.6 Å². The molecule has 1 N–H and O–H groups in total. The van der Waals surface area contributed by atoms with Gasteiger partial charge in [0.15, 0.2) is 0 Å². The van der Waals surface area contributed by atoms with Gasteiger partial charge in [-0.2, -0.15) is 0 Å². The summed E-state index contributed by atoms with van der Waals surface area (Å²) >= 11 is 6.12. The fraction of sp³-hybridized carbons (Fsp3) is 0.107. The molecule has 0 aliphatic carbocycles. The second-order valence-corrected chi connectivity index (χ2v) is 10.4. The summed E-state index contributed by atoms with van der Waals surface area (Å²) in [4.78, 5) is 13.5. The van der Waals surface area contributed by atoms with E-state index in [0.29, 0.717) is 16.3 Å². The normalized spacial score (nSPS) is 11.3. The fourth-order valence-corrected chi connectivity index (χ4v) is 5.64. The van der Waals surface area contributed by atoms with Crippen molar-refractivity contribution in [3.8, 4) is 0 Å². The van der Waals surface area contributed by atoms with Crippen LogP contribution in [0.1, 0.15) is 22.7 Å². The van der Waals surface area contributed by atoms with Gasteiger partial charge < -0.3 is 5.32 Å². The van der Waals surface area contributed by atoms with Crippen molar-refractivity contribution < 1.29 is 13.2 Å². The van der Waals surface area contributed by atoms with Crippen molar-refractivity contribution in [1.82, 2.24) is 5.32 Å². The van der Waals surface area contributed by atoms with Crippen molar-refractivity contribution >= 4 is 33.2 Å². The van der Waals surface area contributed by atoms with Crippen molar-refractivity contribution in [1.29, 1.82) is 0 Å². The van der Waals surface area contributed by atoms with Crippen LogP contribution in [-0.4, -0.2) is 20.9 Å². The highest BCUT2D eigenvalue weighted by molar-refractivity contribution is 7.92. The summed E-state index contributed by atoms with van der Waals surface area (Å²) in [6, 6.07) is 31.7. The SMILES string of the molecule is Cc1cc(Cl)ccc1N(CC(=O)NC(c1ccccc1)c1ccccc1)S(=O)(=O)c1ccccc1. The molecule has 0 spiro atoms. The number of benzene rings is 4. The summed E-state index contributed by atoms with van der Waals surface area (Å²) < 4.78 is 28.4. The number of carbonyl (C=O) groups is 1. The number of halogens is 1. The molecule has 4 rings (SSSR count). The van der Waals surface area contributed by atoms with Gasteiger partial charge in [0, 0.05) is 5.02 Å². The van der Waals surface area contributed by atoms with Crippen LogP contribution in [0, 0.1) is 6.92 Å². The van der Waals surface area contributed by atoms with Gasteiger partial charge in [-0.3, -0.25) is 9.10 Å². The first kappa shape index (κ1) is 24.5. The zero-order valence-electron chi connectivity index (χ0n) is 19.1. The average molecular weight is 505 g/mol. The number of anilines is 1. The molecule has 5 nitrogen and oxygen atoms in total. The Balaban J connectivity index is 1.70. The van der Waals surface area contributed by atoms with Gasteiger partial charge in [-0.15, -0.1) is 0 Å². The van der Waals surface area contributed by atoms with Crippen molar-refractivity contribution in [3.05, 3.63) is 131 Å². The van der Waals surface area contributed by atoms with Crippen LogP contribution in [0.4, 0.5) is 5.69 Å². The smallest absolute Gasteiger partial charge is 0.264 e. The van der Waals surface area contributed by atoms with E-state index in [2.05, 4.69) is 5.32 Å². The summed E-state index contributed by atoms with van der Waals surface area (Å²) in [6.07, 6.45) is 0. The van der Waals surface area contributed by atoms with Crippen LogP contribution in [-0.2, 0) is 14.8 Å². The molecule has 4 aromatic carbocycles. The molecule has 0 atom stereocenters. The second-order valence-electron chi connectivity index (χ2n) is 8.08. The monoisotopic (exact) mass is 504 g/mol. The molecular weight excluding hydrogens is 480 g/mol. The minimum Gasteiger partial charge on any atom is -0.344 e. The van der Waals surface area contributed by atoms with Crippen molar-refractivity contribution in [2.45, 2.75) is 17.9 Å². The molecule has 0 saturated carbocycles. The van der Waals surface area contributed by atoms with E-state index in [-0.39, 0.29) is 4.90 Å². The lowest BCUT2D eigenvalue weighted by atomic mass is 9.99. The molecule has 0 aliphatic rings. The number of carbonyl (C=O) groups excluding carboxylic acids is 1. The predicted molar refractivity (Wildman–Crippen MR) is 140 cm³/mol. The lowest BCUT2D eigenvalue weighted by Gasteiger charge is -2.27. The fourth-order valence-electron chi connectivity index (χ4n) is 3.91. The Labute approximate surface area is 211 Å². The van der Waals surface area contributed by atoms with E-state index in [1.165, 1.54) is 12.1 Å². The third kappa shape index (κ3) is 5.73. The van der Waals surface area contributed by atoms with E-state index >= 15 is 0 Å². The molecule has 0 heterocycles. The molecule has 0 saturated heterocycles. The van der Waals surface area contributed by atoms with Crippen LogP contribution in [0.3, 0.4) is 0 Å². The lowest BCUT2D eigenvalue weighted by molar-refractivity contribution is -0.120. The van der Waals surface area contributed by atoms with Crippen LogP contribution >= 0.6 is 11.6 Å². The summed E-state index contributed by atoms with van der Waals surface area (Å²) in [5.74, 6) is -0.434. The molecule has 0 aromatic heterocycles. The molecule has 0 bridgehead atoms. The second kappa shape index (κ2) is 10.8. The molecule has 35 heavy (non-hydrogen) atoms. The minimum absolute atomic E-state index is 0.102. The third-order valence-electron chi connectivity index (χ3n) is 5.62. The molecule has 4 aromatic rings. The molecule has 0 unspecified atom stereocenters. The van der Waals surface area contributed by atoms with Gasteiger partial charge in [0.25, 0.3) is 10.0 Å². The minimum atomic E-state index is -4.02. The Kier molecular flexibility index (Phi) is 7.54. The van der Waals surface area contributed by atoms with E-state index in [0.717, 1.165) is 15.4 Å². The molecule has 1 amide bonds. The Bertz CT molecular complexity index is 1360. The van der Waals surface area contributed by atoms with Crippen LogP contribution < -0.4 is 9.62 Å². The van der Waals surface area contributed by atoms with Crippen molar-refractivity contribution in [2.24, 2.45) is 0 Å². The summed E-state index contributed by atoms with van der Waals surface area (Å²) in [5, 5.41) is 3.52. The van der Waals surface area contributed by atoms with Crippen molar-refractivity contribution in [3.63, 3.8) is 0 Å². The lowest BCUT2D eigenvalue weighted by Crippen LogP contribution is -2.42. The standard InChI is InChI=1S/C28H25ClN2O3S/c1-21-19-24(29)17-18-26(21)31(35(33,34)25-15-9-4-10-16-25)20-27(32)30-28(22-11-5-2-6-12-22)23-13-7-3-8-14-23/h2-19,28H,20H2,1H3,(H,30,32). The molecule has 178 valence electrons.